The summed E-state index contributed by atoms with van der Waals surface area (Å²) in [5, 5.41) is 13.6. The molecule has 0 aromatic carbocycles. The van der Waals surface area contributed by atoms with Crippen LogP contribution in [0.3, 0.4) is 0 Å². The second-order valence-electron chi connectivity index (χ2n) is 3.95. The summed E-state index contributed by atoms with van der Waals surface area (Å²) in [6, 6.07) is -0.144. The highest BCUT2D eigenvalue weighted by atomic mass is 32.1. The maximum Gasteiger partial charge on any atom is 0.265 e. The molecule has 2 heterocycles. The van der Waals surface area contributed by atoms with Gasteiger partial charge in [-0.15, -0.1) is 11.3 Å². The van der Waals surface area contributed by atoms with Crippen LogP contribution in [0.2, 0.25) is 0 Å². The molecular weight excluding hydrogens is 226 g/mol. The van der Waals surface area contributed by atoms with Crippen molar-refractivity contribution in [2.24, 2.45) is 0 Å². The Morgan fingerprint density at radius 1 is 1.69 bits per heavy atom. The first-order valence-electron chi connectivity index (χ1n) is 5.18. The summed E-state index contributed by atoms with van der Waals surface area (Å²) in [5.74, 6) is -0.0710. The van der Waals surface area contributed by atoms with Crippen LogP contribution in [-0.2, 0) is 0 Å². The number of amides is 1. The SMILES string of the molecule is Cc1ncc(C(=O)N(C)[C@@H]2CNC[C@H]2O)s1. The Kier molecular flexibility index (Phi) is 3.22. The fourth-order valence-electron chi connectivity index (χ4n) is 1.83. The Bertz CT molecular complexity index is 393. The van der Waals surface area contributed by atoms with Crippen LogP contribution >= 0.6 is 11.3 Å². The molecule has 1 fully saturated rings. The number of aryl methyl sites for hydroxylation is 1. The largest absolute Gasteiger partial charge is 0.390 e. The number of carbonyl (C=O) groups excluding carboxylic acids is 1. The van der Waals surface area contributed by atoms with Gasteiger partial charge in [0.05, 0.1) is 23.4 Å². The van der Waals surface area contributed by atoms with Crippen molar-refractivity contribution in [1.82, 2.24) is 15.2 Å². The van der Waals surface area contributed by atoms with Crippen LogP contribution in [0.1, 0.15) is 14.7 Å². The molecule has 16 heavy (non-hydrogen) atoms. The molecule has 2 N–H and O–H groups in total. The van der Waals surface area contributed by atoms with E-state index in [9.17, 15) is 9.90 Å². The van der Waals surface area contributed by atoms with Crippen LogP contribution in [0.4, 0.5) is 0 Å². The molecule has 1 aromatic heterocycles. The molecule has 6 heteroatoms. The zero-order chi connectivity index (χ0) is 11.7. The predicted molar refractivity (Wildman–Crippen MR) is 61.6 cm³/mol. The van der Waals surface area contributed by atoms with E-state index < -0.39 is 6.10 Å². The molecule has 0 spiro atoms. The number of thiazole rings is 1. The topological polar surface area (TPSA) is 65.5 Å². The summed E-state index contributed by atoms with van der Waals surface area (Å²) in [4.78, 5) is 18.3. The number of aliphatic hydroxyl groups excluding tert-OH is 1. The van der Waals surface area contributed by atoms with Gasteiger partial charge in [0.2, 0.25) is 0 Å². The zero-order valence-electron chi connectivity index (χ0n) is 9.30. The molecule has 0 bridgehead atoms. The molecule has 2 atom stereocenters. The highest BCUT2D eigenvalue weighted by Crippen LogP contribution is 2.16. The molecule has 1 aliphatic rings. The lowest BCUT2D eigenvalue weighted by Gasteiger charge is -2.25. The first-order valence-corrected chi connectivity index (χ1v) is 5.99. The Morgan fingerprint density at radius 2 is 2.44 bits per heavy atom. The number of hydrogen-bond acceptors (Lipinski definition) is 5. The van der Waals surface area contributed by atoms with Crippen molar-refractivity contribution in [2.75, 3.05) is 20.1 Å². The standard InChI is InChI=1S/C10H15N3O2S/c1-6-12-5-9(16-6)10(15)13(2)7-3-11-4-8(7)14/h5,7-8,11,14H,3-4H2,1-2H3/t7-,8-/m1/s1. The molecular formula is C10H15N3O2S. The molecule has 0 radical (unpaired) electrons. The van der Waals surface area contributed by atoms with E-state index in [-0.39, 0.29) is 11.9 Å². The summed E-state index contributed by atoms with van der Waals surface area (Å²) in [6.45, 7) is 3.05. The molecule has 0 unspecified atom stereocenters. The lowest BCUT2D eigenvalue weighted by molar-refractivity contribution is 0.0585. The van der Waals surface area contributed by atoms with Crippen molar-refractivity contribution < 1.29 is 9.90 Å². The van der Waals surface area contributed by atoms with Gasteiger partial charge in [-0.25, -0.2) is 4.98 Å². The molecule has 88 valence electrons. The Balaban J connectivity index is 2.10. The fraction of sp³-hybridized carbons (Fsp3) is 0.600. The van der Waals surface area contributed by atoms with E-state index in [0.717, 1.165) is 5.01 Å². The smallest absolute Gasteiger partial charge is 0.265 e. The molecule has 1 saturated heterocycles. The van der Waals surface area contributed by atoms with Gasteiger partial charge in [0, 0.05) is 20.1 Å². The molecule has 1 aromatic rings. The lowest BCUT2D eigenvalue weighted by atomic mass is 10.2. The molecule has 1 amide bonds. The maximum atomic E-state index is 12.0. The van der Waals surface area contributed by atoms with E-state index >= 15 is 0 Å². The average molecular weight is 241 g/mol. The normalized spacial score (nSPS) is 24.7. The van der Waals surface area contributed by atoms with E-state index in [4.69, 9.17) is 0 Å². The number of nitrogens with one attached hydrogen (secondary N) is 1. The van der Waals surface area contributed by atoms with Crippen LogP contribution in [0.5, 0.6) is 0 Å². The Labute approximate surface area is 98.1 Å². The minimum atomic E-state index is -0.483. The summed E-state index contributed by atoms with van der Waals surface area (Å²) >= 11 is 1.38. The number of aliphatic hydroxyl groups is 1. The van der Waals surface area contributed by atoms with Crippen molar-refractivity contribution in [3.63, 3.8) is 0 Å². The van der Waals surface area contributed by atoms with Crippen LogP contribution in [0.15, 0.2) is 6.20 Å². The minimum Gasteiger partial charge on any atom is -0.390 e. The first kappa shape index (κ1) is 11.5. The zero-order valence-corrected chi connectivity index (χ0v) is 10.1. The quantitative estimate of drug-likeness (QED) is 0.756. The molecule has 5 nitrogen and oxygen atoms in total. The first-order chi connectivity index (χ1) is 7.59. The molecule has 0 aliphatic carbocycles. The second kappa shape index (κ2) is 4.48. The summed E-state index contributed by atoms with van der Waals surface area (Å²) in [6.07, 6.45) is 1.11. The van der Waals surface area contributed by atoms with Gasteiger partial charge < -0.3 is 15.3 Å². The average Bonchev–Trinajstić information content (AvgIpc) is 2.85. The van der Waals surface area contributed by atoms with E-state index in [0.29, 0.717) is 18.0 Å². The second-order valence-corrected chi connectivity index (χ2v) is 5.19. The number of likely N-dealkylation sites (N-methyl/N-ethyl adjacent to an activating group) is 1. The Morgan fingerprint density at radius 3 is 2.94 bits per heavy atom. The summed E-state index contributed by atoms with van der Waals surface area (Å²) in [7, 11) is 1.72. The van der Waals surface area contributed by atoms with Crippen molar-refractivity contribution in [3.05, 3.63) is 16.1 Å². The summed E-state index contributed by atoms with van der Waals surface area (Å²) < 4.78 is 0. The van der Waals surface area contributed by atoms with E-state index in [1.165, 1.54) is 11.3 Å². The van der Waals surface area contributed by atoms with E-state index in [1.807, 2.05) is 6.92 Å². The molecule has 0 saturated carbocycles. The van der Waals surface area contributed by atoms with Crippen molar-refractivity contribution in [3.8, 4) is 0 Å². The van der Waals surface area contributed by atoms with Crippen molar-refractivity contribution >= 4 is 17.2 Å². The lowest BCUT2D eigenvalue weighted by Crippen LogP contribution is -2.44. The third-order valence-electron chi connectivity index (χ3n) is 2.80. The van der Waals surface area contributed by atoms with E-state index in [1.54, 1.807) is 18.1 Å². The van der Waals surface area contributed by atoms with Gasteiger partial charge in [-0.05, 0) is 6.92 Å². The number of hydrogen-bond donors (Lipinski definition) is 2. The highest BCUT2D eigenvalue weighted by Gasteiger charge is 2.31. The number of rotatable bonds is 2. The van der Waals surface area contributed by atoms with Crippen LogP contribution < -0.4 is 5.32 Å². The molecule has 2 rings (SSSR count). The number of β-amino-alcohol motifs (C(OH)–C–C–N with tert-alkyl or cyclic N) is 1. The van der Waals surface area contributed by atoms with Gasteiger partial charge in [0.1, 0.15) is 4.88 Å². The highest BCUT2D eigenvalue weighted by molar-refractivity contribution is 7.13. The predicted octanol–water partition coefficient (Wildman–Crippen LogP) is -0.144. The van der Waals surface area contributed by atoms with Crippen molar-refractivity contribution in [2.45, 2.75) is 19.1 Å². The van der Waals surface area contributed by atoms with Crippen LogP contribution in [-0.4, -0.2) is 53.2 Å². The molecule has 1 aliphatic heterocycles. The Hall–Kier alpha value is -0.980. The van der Waals surface area contributed by atoms with Gasteiger partial charge in [-0.2, -0.15) is 0 Å². The summed E-state index contributed by atoms with van der Waals surface area (Å²) in [5.41, 5.74) is 0. The third kappa shape index (κ3) is 2.09. The third-order valence-corrected chi connectivity index (χ3v) is 3.70. The van der Waals surface area contributed by atoms with Gasteiger partial charge >= 0.3 is 0 Å². The van der Waals surface area contributed by atoms with Crippen LogP contribution in [0, 0.1) is 6.92 Å². The van der Waals surface area contributed by atoms with Gasteiger partial charge in [0.15, 0.2) is 0 Å². The fourth-order valence-corrected chi connectivity index (χ4v) is 2.59. The van der Waals surface area contributed by atoms with Gasteiger partial charge in [-0.1, -0.05) is 0 Å². The van der Waals surface area contributed by atoms with Gasteiger partial charge in [0.25, 0.3) is 5.91 Å². The number of nitrogens with zero attached hydrogens (tertiary/aromatic N) is 2. The number of carbonyl (C=O) groups is 1. The monoisotopic (exact) mass is 241 g/mol. The van der Waals surface area contributed by atoms with Crippen LogP contribution in [0.25, 0.3) is 0 Å². The van der Waals surface area contributed by atoms with Gasteiger partial charge in [-0.3, -0.25) is 4.79 Å². The number of aromatic nitrogens is 1. The van der Waals surface area contributed by atoms with Crippen molar-refractivity contribution in [1.29, 1.82) is 0 Å². The maximum absolute atomic E-state index is 12.0. The van der Waals surface area contributed by atoms with E-state index in [2.05, 4.69) is 10.3 Å². The minimum absolute atomic E-state index is 0.0710.